The summed E-state index contributed by atoms with van der Waals surface area (Å²) in [6, 6.07) is 3.19. The highest BCUT2D eigenvalue weighted by molar-refractivity contribution is 6.32. The summed E-state index contributed by atoms with van der Waals surface area (Å²) in [4.78, 5) is 11.1. The second-order valence-corrected chi connectivity index (χ2v) is 5.91. The van der Waals surface area contributed by atoms with Gasteiger partial charge in [-0.25, -0.2) is 4.79 Å². The Morgan fingerprint density at radius 1 is 1.32 bits per heavy atom. The maximum atomic E-state index is 11.1. The summed E-state index contributed by atoms with van der Waals surface area (Å²) in [6.45, 7) is 6.28. The summed E-state index contributed by atoms with van der Waals surface area (Å²) in [5, 5.41) is 18.8. The third kappa shape index (κ3) is 3.87. The van der Waals surface area contributed by atoms with Gasteiger partial charge in [0.15, 0.2) is 0 Å². The van der Waals surface area contributed by atoms with E-state index in [1.54, 1.807) is 6.07 Å². The molecule has 0 unspecified atom stereocenters. The normalized spacial score (nSPS) is 11.6. The maximum absolute atomic E-state index is 11.1. The van der Waals surface area contributed by atoms with E-state index in [4.69, 9.17) is 16.7 Å². The lowest BCUT2D eigenvalue weighted by Gasteiger charge is -2.26. The lowest BCUT2D eigenvalue weighted by molar-refractivity contribution is 0.0693. The SMILES string of the molecule is CCCCCC(C)(C)c1cc(Cl)c(O)c(C(=O)O)c1. The van der Waals surface area contributed by atoms with Crippen LogP contribution in [0.5, 0.6) is 5.75 Å². The van der Waals surface area contributed by atoms with Crippen molar-refractivity contribution < 1.29 is 15.0 Å². The molecule has 0 amide bonds. The second kappa shape index (κ2) is 6.29. The molecule has 0 spiro atoms. The van der Waals surface area contributed by atoms with Crippen molar-refractivity contribution in [2.24, 2.45) is 0 Å². The van der Waals surface area contributed by atoms with Gasteiger partial charge in [0.2, 0.25) is 0 Å². The van der Waals surface area contributed by atoms with Gasteiger partial charge in [-0.3, -0.25) is 0 Å². The minimum atomic E-state index is -1.16. The van der Waals surface area contributed by atoms with Gasteiger partial charge in [0.1, 0.15) is 11.3 Å². The van der Waals surface area contributed by atoms with E-state index in [-0.39, 0.29) is 21.8 Å². The topological polar surface area (TPSA) is 57.5 Å². The van der Waals surface area contributed by atoms with Crippen LogP contribution in [0.4, 0.5) is 0 Å². The zero-order valence-electron chi connectivity index (χ0n) is 11.7. The van der Waals surface area contributed by atoms with Crippen LogP contribution in [-0.2, 0) is 5.41 Å². The molecule has 1 aromatic carbocycles. The van der Waals surface area contributed by atoms with Gasteiger partial charge in [0.05, 0.1) is 5.02 Å². The van der Waals surface area contributed by atoms with Crippen LogP contribution >= 0.6 is 11.6 Å². The Balaban J connectivity index is 3.09. The van der Waals surface area contributed by atoms with Gasteiger partial charge in [-0.1, -0.05) is 51.6 Å². The highest BCUT2D eigenvalue weighted by Gasteiger charge is 2.24. The Morgan fingerprint density at radius 2 is 1.95 bits per heavy atom. The molecule has 19 heavy (non-hydrogen) atoms. The predicted octanol–water partition coefficient (Wildman–Crippen LogP) is 4.60. The standard InChI is InChI=1S/C15H21ClO3/c1-4-5-6-7-15(2,3)10-8-11(14(18)19)13(17)12(16)9-10/h8-9,17H,4-7H2,1-3H3,(H,18,19). The van der Waals surface area contributed by atoms with Gasteiger partial charge in [-0.2, -0.15) is 0 Å². The summed E-state index contributed by atoms with van der Waals surface area (Å²) in [5.41, 5.74) is 0.561. The maximum Gasteiger partial charge on any atom is 0.339 e. The quantitative estimate of drug-likeness (QED) is 0.751. The summed E-state index contributed by atoms with van der Waals surface area (Å²) >= 11 is 5.92. The number of rotatable bonds is 6. The molecular formula is C15H21ClO3. The predicted molar refractivity (Wildman–Crippen MR) is 77.2 cm³/mol. The molecule has 0 aliphatic rings. The number of aromatic carboxylic acids is 1. The zero-order chi connectivity index (χ0) is 14.6. The molecule has 4 heteroatoms. The first-order valence-corrected chi connectivity index (χ1v) is 6.93. The summed E-state index contributed by atoms with van der Waals surface area (Å²) in [6.07, 6.45) is 4.35. The van der Waals surface area contributed by atoms with Crippen LogP contribution in [0.25, 0.3) is 0 Å². The highest BCUT2D eigenvalue weighted by atomic mass is 35.5. The first-order valence-electron chi connectivity index (χ1n) is 6.56. The Morgan fingerprint density at radius 3 is 2.47 bits per heavy atom. The monoisotopic (exact) mass is 284 g/mol. The van der Waals surface area contributed by atoms with E-state index in [9.17, 15) is 9.90 Å². The summed E-state index contributed by atoms with van der Waals surface area (Å²) in [5.74, 6) is -1.52. The molecule has 0 aliphatic heterocycles. The average Bonchev–Trinajstić information content (AvgIpc) is 2.32. The molecule has 0 fully saturated rings. The van der Waals surface area contributed by atoms with Crippen molar-refractivity contribution >= 4 is 17.6 Å². The average molecular weight is 285 g/mol. The van der Waals surface area contributed by atoms with E-state index in [0.717, 1.165) is 31.2 Å². The number of carbonyl (C=O) groups is 1. The molecule has 0 aliphatic carbocycles. The van der Waals surface area contributed by atoms with Crippen LogP contribution in [0.1, 0.15) is 62.4 Å². The summed E-state index contributed by atoms with van der Waals surface area (Å²) < 4.78 is 0. The largest absolute Gasteiger partial charge is 0.505 e. The van der Waals surface area contributed by atoms with Crippen LogP contribution < -0.4 is 0 Å². The number of unbranched alkanes of at least 4 members (excludes halogenated alkanes) is 2. The van der Waals surface area contributed by atoms with E-state index < -0.39 is 5.97 Å². The highest BCUT2D eigenvalue weighted by Crippen LogP contribution is 2.36. The minimum Gasteiger partial charge on any atom is -0.505 e. The van der Waals surface area contributed by atoms with E-state index in [2.05, 4.69) is 20.8 Å². The molecule has 0 atom stereocenters. The number of aromatic hydroxyl groups is 1. The molecule has 3 nitrogen and oxygen atoms in total. The van der Waals surface area contributed by atoms with Crippen molar-refractivity contribution in [2.45, 2.75) is 51.9 Å². The third-order valence-corrected chi connectivity index (χ3v) is 3.77. The molecule has 2 N–H and O–H groups in total. The lowest BCUT2D eigenvalue weighted by atomic mass is 9.79. The number of benzene rings is 1. The van der Waals surface area contributed by atoms with Gasteiger partial charge in [0.25, 0.3) is 0 Å². The smallest absolute Gasteiger partial charge is 0.339 e. The minimum absolute atomic E-state index is 0.0958. The van der Waals surface area contributed by atoms with E-state index in [0.29, 0.717) is 0 Å². The number of carboxylic acids is 1. The van der Waals surface area contributed by atoms with Crippen molar-refractivity contribution in [2.75, 3.05) is 0 Å². The van der Waals surface area contributed by atoms with Gasteiger partial charge in [-0.15, -0.1) is 0 Å². The number of carboxylic acid groups (broad SMARTS) is 1. The van der Waals surface area contributed by atoms with Gasteiger partial charge in [-0.05, 0) is 29.5 Å². The van der Waals surface area contributed by atoms with Gasteiger partial charge < -0.3 is 10.2 Å². The van der Waals surface area contributed by atoms with Crippen LogP contribution in [0, 0.1) is 0 Å². The third-order valence-electron chi connectivity index (χ3n) is 3.48. The Labute approximate surface area is 119 Å². The lowest BCUT2D eigenvalue weighted by Crippen LogP contribution is -2.18. The molecule has 0 bridgehead atoms. The number of hydrogen-bond acceptors (Lipinski definition) is 2. The first kappa shape index (κ1) is 15.8. The van der Waals surface area contributed by atoms with Crippen molar-refractivity contribution in [1.82, 2.24) is 0 Å². The molecular weight excluding hydrogens is 264 g/mol. The molecule has 0 saturated carbocycles. The first-order chi connectivity index (χ1) is 8.79. The van der Waals surface area contributed by atoms with Crippen molar-refractivity contribution in [1.29, 1.82) is 0 Å². The summed E-state index contributed by atoms with van der Waals surface area (Å²) in [7, 11) is 0. The molecule has 1 aromatic rings. The fourth-order valence-corrected chi connectivity index (χ4v) is 2.33. The van der Waals surface area contributed by atoms with Gasteiger partial charge in [0, 0.05) is 0 Å². The van der Waals surface area contributed by atoms with E-state index >= 15 is 0 Å². The Hall–Kier alpha value is -1.22. The fraction of sp³-hybridized carbons (Fsp3) is 0.533. The number of hydrogen-bond donors (Lipinski definition) is 2. The van der Waals surface area contributed by atoms with E-state index in [1.807, 2.05) is 0 Å². The number of halogens is 1. The Bertz CT molecular complexity index is 467. The molecule has 0 saturated heterocycles. The fourth-order valence-electron chi connectivity index (χ4n) is 2.11. The Kier molecular flexibility index (Phi) is 5.24. The zero-order valence-corrected chi connectivity index (χ0v) is 12.4. The van der Waals surface area contributed by atoms with Crippen LogP contribution in [-0.4, -0.2) is 16.2 Å². The van der Waals surface area contributed by atoms with E-state index in [1.165, 1.54) is 6.07 Å². The molecule has 0 heterocycles. The number of phenols is 1. The van der Waals surface area contributed by atoms with Crippen molar-refractivity contribution in [3.05, 3.63) is 28.3 Å². The van der Waals surface area contributed by atoms with Crippen LogP contribution in [0.2, 0.25) is 5.02 Å². The second-order valence-electron chi connectivity index (χ2n) is 5.50. The molecule has 0 radical (unpaired) electrons. The van der Waals surface area contributed by atoms with Gasteiger partial charge >= 0.3 is 5.97 Å². The van der Waals surface area contributed by atoms with Crippen molar-refractivity contribution in [3.63, 3.8) is 0 Å². The molecule has 1 rings (SSSR count). The van der Waals surface area contributed by atoms with Crippen molar-refractivity contribution in [3.8, 4) is 5.75 Å². The molecule has 0 aromatic heterocycles. The molecule has 106 valence electrons. The van der Waals surface area contributed by atoms with Crippen LogP contribution in [0.3, 0.4) is 0 Å². The van der Waals surface area contributed by atoms with Crippen LogP contribution in [0.15, 0.2) is 12.1 Å².